The van der Waals surface area contributed by atoms with Gasteiger partial charge in [-0.3, -0.25) is 0 Å². The van der Waals surface area contributed by atoms with Gasteiger partial charge in [-0.1, -0.05) is 6.07 Å². The molecule has 4 heteroatoms. The highest BCUT2D eigenvalue weighted by molar-refractivity contribution is 6.17. The van der Waals surface area contributed by atoms with Crippen molar-refractivity contribution < 1.29 is 0 Å². The van der Waals surface area contributed by atoms with Gasteiger partial charge in [-0.25, -0.2) is 4.98 Å². The zero-order valence-corrected chi connectivity index (χ0v) is 7.85. The topological polar surface area (TPSA) is 17.3 Å². The molecule has 2 heterocycles. The van der Waals surface area contributed by atoms with Crippen molar-refractivity contribution in [1.82, 2.24) is 9.38 Å². The third-order valence-electron chi connectivity index (χ3n) is 1.64. The molecular formula is C8H8Cl2N2. The molecule has 0 aliphatic carbocycles. The van der Waals surface area contributed by atoms with Crippen molar-refractivity contribution in [1.29, 1.82) is 0 Å². The fourth-order valence-corrected chi connectivity index (χ4v) is 1.32. The number of fused-ring (bicyclic) bond motifs is 1. The van der Waals surface area contributed by atoms with Crippen LogP contribution in [0.1, 0.15) is 5.56 Å². The highest BCUT2D eigenvalue weighted by atomic mass is 35.5. The van der Waals surface area contributed by atoms with Crippen LogP contribution >= 0.6 is 24.0 Å². The lowest BCUT2D eigenvalue weighted by atomic mass is 10.3. The summed E-state index contributed by atoms with van der Waals surface area (Å²) < 4.78 is 1.96. The number of rotatable bonds is 1. The number of hydrogen-bond donors (Lipinski definition) is 0. The molecule has 0 N–H and O–H groups in total. The van der Waals surface area contributed by atoms with E-state index in [4.69, 9.17) is 11.6 Å². The van der Waals surface area contributed by atoms with Gasteiger partial charge in [0.2, 0.25) is 0 Å². The minimum Gasteiger partial charge on any atom is -0.307 e. The Morgan fingerprint density at radius 1 is 1.42 bits per heavy atom. The largest absolute Gasteiger partial charge is 0.307 e. The second-order valence-corrected chi connectivity index (χ2v) is 2.59. The first kappa shape index (κ1) is 9.36. The molecule has 0 fully saturated rings. The van der Waals surface area contributed by atoms with Crippen LogP contribution in [0.5, 0.6) is 0 Å². The van der Waals surface area contributed by atoms with Gasteiger partial charge in [0.05, 0.1) is 5.88 Å². The first-order chi connectivity index (χ1) is 5.42. The quantitative estimate of drug-likeness (QED) is 0.651. The summed E-state index contributed by atoms with van der Waals surface area (Å²) in [4.78, 5) is 4.17. The summed E-state index contributed by atoms with van der Waals surface area (Å²) in [6.45, 7) is 0. The molecule has 0 bridgehead atoms. The maximum atomic E-state index is 5.71. The zero-order chi connectivity index (χ0) is 7.68. The Bertz CT molecular complexity index is 370. The minimum atomic E-state index is 0. The summed E-state index contributed by atoms with van der Waals surface area (Å²) in [5.74, 6) is 0.515. The van der Waals surface area contributed by atoms with E-state index in [2.05, 4.69) is 4.98 Å². The van der Waals surface area contributed by atoms with Crippen molar-refractivity contribution >= 4 is 29.7 Å². The number of pyridine rings is 1. The number of imidazole rings is 1. The second kappa shape index (κ2) is 3.78. The molecule has 0 aliphatic heterocycles. The van der Waals surface area contributed by atoms with E-state index in [0.717, 1.165) is 11.2 Å². The first-order valence-corrected chi connectivity index (χ1v) is 3.92. The Morgan fingerprint density at radius 3 is 3.00 bits per heavy atom. The van der Waals surface area contributed by atoms with Crippen LogP contribution in [0.4, 0.5) is 0 Å². The summed E-state index contributed by atoms with van der Waals surface area (Å²) in [6, 6.07) is 3.95. The third-order valence-corrected chi connectivity index (χ3v) is 1.93. The van der Waals surface area contributed by atoms with Gasteiger partial charge in [0.1, 0.15) is 5.65 Å². The lowest BCUT2D eigenvalue weighted by molar-refractivity contribution is 1.16. The lowest BCUT2D eigenvalue weighted by Crippen LogP contribution is -1.87. The molecule has 0 spiro atoms. The lowest BCUT2D eigenvalue weighted by Gasteiger charge is -1.96. The Morgan fingerprint density at radius 2 is 2.25 bits per heavy atom. The normalized spacial score (nSPS) is 9.75. The van der Waals surface area contributed by atoms with Crippen LogP contribution < -0.4 is 0 Å². The predicted octanol–water partition coefficient (Wildman–Crippen LogP) is 2.49. The molecule has 0 radical (unpaired) electrons. The monoisotopic (exact) mass is 202 g/mol. The van der Waals surface area contributed by atoms with E-state index in [1.165, 1.54) is 0 Å². The van der Waals surface area contributed by atoms with Gasteiger partial charge in [-0.2, -0.15) is 0 Å². The van der Waals surface area contributed by atoms with Crippen LogP contribution in [0.2, 0.25) is 0 Å². The molecule has 64 valence electrons. The van der Waals surface area contributed by atoms with Gasteiger partial charge in [-0.05, 0) is 6.07 Å². The van der Waals surface area contributed by atoms with Crippen LogP contribution in [0.25, 0.3) is 5.65 Å². The number of halogens is 2. The smallest absolute Gasteiger partial charge is 0.141 e. The fraction of sp³-hybridized carbons (Fsp3) is 0.125. The van der Waals surface area contributed by atoms with E-state index in [1.54, 1.807) is 6.20 Å². The van der Waals surface area contributed by atoms with Crippen molar-refractivity contribution in [3.8, 4) is 0 Å². The summed E-state index contributed by atoms with van der Waals surface area (Å²) in [5, 5.41) is 0. The molecule has 2 rings (SSSR count). The highest BCUT2D eigenvalue weighted by Crippen LogP contribution is 2.10. The van der Waals surface area contributed by atoms with E-state index in [9.17, 15) is 0 Å². The molecule has 2 aromatic heterocycles. The van der Waals surface area contributed by atoms with Crippen LogP contribution in [0, 0.1) is 0 Å². The van der Waals surface area contributed by atoms with Gasteiger partial charge < -0.3 is 4.40 Å². The molecule has 0 atom stereocenters. The van der Waals surface area contributed by atoms with Crippen LogP contribution in [0.15, 0.2) is 30.7 Å². The van der Waals surface area contributed by atoms with Crippen LogP contribution in [-0.2, 0) is 5.88 Å². The average molecular weight is 203 g/mol. The fourth-order valence-electron chi connectivity index (χ4n) is 1.11. The zero-order valence-electron chi connectivity index (χ0n) is 6.27. The third kappa shape index (κ3) is 1.40. The number of aromatic nitrogens is 2. The molecule has 0 amide bonds. The Labute approximate surface area is 81.6 Å². The molecule has 0 aromatic carbocycles. The van der Waals surface area contributed by atoms with Crippen molar-refractivity contribution in [2.24, 2.45) is 0 Å². The van der Waals surface area contributed by atoms with Crippen molar-refractivity contribution in [3.05, 3.63) is 36.3 Å². The van der Waals surface area contributed by atoms with Crippen LogP contribution in [0.3, 0.4) is 0 Å². The number of alkyl halides is 1. The Balaban J connectivity index is 0.000000720. The highest BCUT2D eigenvalue weighted by Gasteiger charge is 1.98. The summed E-state index contributed by atoms with van der Waals surface area (Å²) in [5.41, 5.74) is 2.02. The van der Waals surface area contributed by atoms with E-state index in [1.807, 2.05) is 28.9 Å². The van der Waals surface area contributed by atoms with Gasteiger partial charge in [0.25, 0.3) is 0 Å². The molecule has 0 aliphatic rings. The SMILES string of the molecule is Cl.ClCc1cccn2ccnc12. The van der Waals surface area contributed by atoms with Gasteiger partial charge >= 0.3 is 0 Å². The maximum absolute atomic E-state index is 5.71. The molecule has 2 nitrogen and oxygen atoms in total. The second-order valence-electron chi connectivity index (χ2n) is 2.33. The van der Waals surface area contributed by atoms with Gasteiger partial charge in [0, 0.05) is 24.2 Å². The van der Waals surface area contributed by atoms with E-state index < -0.39 is 0 Å². The molecular weight excluding hydrogens is 195 g/mol. The van der Waals surface area contributed by atoms with E-state index in [-0.39, 0.29) is 12.4 Å². The Hall–Kier alpha value is -0.730. The number of nitrogens with zero attached hydrogens (tertiary/aromatic N) is 2. The van der Waals surface area contributed by atoms with Crippen molar-refractivity contribution in [2.75, 3.05) is 0 Å². The summed E-state index contributed by atoms with van der Waals surface area (Å²) in [6.07, 6.45) is 5.63. The average Bonchev–Trinajstić information content (AvgIpc) is 2.50. The standard InChI is InChI=1S/C8H7ClN2.ClH/c9-6-7-2-1-4-11-5-3-10-8(7)11;/h1-5H,6H2;1H. The van der Waals surface area contributed by atoms with E-state index >= 15 is 0 Å². The molecule has 2 aromatic rings. The predicted molar refractivity (Wildman–Crippen MR) is 52.0 cm³/mol. The molecule has 12 heavy (non-hydrogen) atoms. The van der Waals surface area contributed by atoms with E-state index in [0.29, 0.717) is 5.88 Å². The molecule has 0 saturated carbocycles. The Kier molecular flexibility index (Phi) is 2.95. The summed E-state index contributed by atoms with van der Waals surface area (Å²) in [7, 11) is 0. The molecule has 0 unspecified atom stereocenters. The van der Waals surface area contributed by atoms with Crippen LogP contribution in [-0.4, -0.2) is 9.38 Å². The first-order valence-electron chi connectivity index (χ1n) is 3.38. The molecule has 0 saturated heterocycles. The van der Waals surface area contributed by atoms with Gasteiger partial charge in [0.15, 0.2) is 0 Å². The van der Waals surface area contributed by atoms with Gasteiger partial charge in [-0.15, -0.1) is 24.0 Å². The van der Waals surface area contributed by atoms with Crippen molar-refractivity contribution in [2.45, 2.75) is 5.88 Å². The minimum absolute atomic E-state index is 0. The number of hydrogen-bond acceptors (Lipinski definition) is 1. The summed E-state index contributed by atoms with van der Waals surface area (Å²) >= 11 is 5.71. The maximum Gasteiger partial charge on any atom is 0.141 e. The van der Waals surface area contributed by atoms with Crippen molar-refractivity contribution in [3.63, 3.8) is 0 Å².